The molecule has 1 heterocycles. The molecule has 1 aliphatic heterocycles. The number of hydrogen-bond acceptors (Lipinski definition) is 4. The maximum atomic E-state index is 13.2. The van der Waals surface area contributed by atoms with Crippen molar-refractivity contribution in [1.82, 2.24) is 5.32 Å². The largest absolute Gasteiger partial charge is 0.497 e. The molecule has 0 aromatic heterocycles. The second-order valence-electron chi connectivity index (χ2n) is 7.24. The fourth-order valence-electron chi connectivity index (χ4n) is 4.29. The third-order valence-electron chi connectivity index (χ3n) is 5.64. The zero-order valence-corrected chi connectivity index (χ0v) is 16.0. The molecule has 1 amide bonds. The predicted molar refractivity (Wildman–Crippen MR) is 105 cm³/mol. The summed E-state index contributed by atoms with van der Waals surface area (Å²) in [7, 11) is 3.24. The Hall–Kier alpha value is -3.08. The van der Waals surface area contributed by atoms with E-state index < -0.39 is 0 Å². The van der Waals surface area contributed by atoms with Gasteiger partial charge in [-0.3, -0.25) is 9.59 Å². The van der Waals surface area contributed by atoms with E-state index in [2.05, 4.69) is 5.32 Å². The van der Waals surface area contributed by atoms with Gasteiger partial charge in [-0.05, 0) is 36.1 Å². The number of nitrogens with one attached hydrogen (secondary N) is 1. The molecule has 2 unspecified atom stereocenters. The first-order valence-electron chi connectivity index (χ1n) is 9.43. The molecule has 0 saturated heterocycles. The molecule has 1 aliphatic carbocycles. The lowest BCUT2D eigenvalue weighted by Crippen LogP contribution is -2.38. The van der Waals surface area contributed by atoms with Gasteiger partial charge in [-0.15, -0.1) is 0 Å². The number of Topliss-reactive ketones (excluding diaryl/α,β-unsaturated/α-hetero) is 1. The van der Waals surface area contributed by atoms with Crippen LogP contribution in [0.4, 0.5) is 0 Å². The Balaban J connectivity index is 1.70. The standard InChI is InChI=1S/C23H23NO4/c1-27-16-9-7-14(8-10-16)15-11-19-23(20(25)12-15)18(13-22(26)24-19)17-5-3-4-6-21(17)28-2/h3-10,15,18H,11-13H2,1-2H3,(H,24,26). The molecule has 2 aromatic rings. The quantitative estimate of drug-likeness (QED) is 0.882. The van der Waals surface area contributed by atoms with Gasteiger partial charge in [-0.1, -0.05) is 30.3 Å². The van der Waals surface area contributed by atoms with Gasteiger partial charge >= 0.3 is 0 Å². The summed E-state index contributed by atoms with van der Waals surface area (Å²) in [4.78, 5) is 25.6. The van der Waals surface area contributed by atoms with Crippen molar-refractivity contribution in [2.75, 3.05) is 14.2 Å². The van der Waals surface area contributed by atoms with Gasteiger partial charge in [0.1, 0.15) is 11.5 Å². The minimum atomic E-state index is -0.260. The number of benzene rings is 2. The number of amides is 1. The minimum absolute atomic E-state index is 0.0499. The van der Waals surface area contributed by atoms with Crippen molar-refractivity contribution in [3.8, 4) is 11.5 Å². The number of allylic oxidation sites excluding steroid dienone is 2. The Morgan fingerprint density at radius 1 is 0.893 bits per heavy atom. The smallest absolute Gasteiger partial charge is 0.225 e. The van der Waals surface area contributed by atoms with Crippen LogP contribution in [0, 0.1) is 0 Å². The van der Waals surface area contributed by atoms with Crippen LogP contribution in [0.2, 0.25) is 0 Å². The summed E-state index contributed by atoms with van der Waals surface area (Å²) >= 11 is 0. The van der Waals surface area contributed by atoms with E-state index in [0.717, 1.165) is 28.1 Å². The first kappa shape index (κ1) is 18.3. The molecule has 5 nitrogen and oxygen atoms in total. The number of carbonyl (C=O) groups is 2. The summed E-state index contributed by atoms with van der Waals surface area (Å²) in [5.74, 6) is 1.32. The monoisotopic (exact) mass is 377 g/mol. The van der Waals surface area contributed by atoms with E-state index in [1.54, 1.807) is 14.2 Å². The van der Waals surface area contributed by atoms with Gasteiger partial charge in [0.05, 0.1) is 14.2 Å². The highest BCUT2D eigenvalue weighted by atomic mass is 16.5. The molecule has 28 heavy (non-hydrogen) atoms. The maximum Gasteiger partial charge on any atom is 0.225 e. The van der Waals surface area contributed by atoms with Crippen LogP contribution in [0.25, 0.3) is 0 Å². The zero-order chi connectivity index (χ0) is 19.7. The van der Waals surface area contributed by atoms with Gasteiger partial charge in [-0.2, -0.15) is 0 Å². The van der Waals surface area contributed by atoms with Crippen LogP contribution in [-0.4, -0.2) is 25.9 Å². The highest BCUT2D eigenvalue weighted by Crippen LogP contribution is 2.44. The molecule has 2 aromatic carbocycles. The van der Waals surface area contributed by atoms with Gasteiger partial charge in [0.15, 0.2) is 5.78 Å². The molecule has 1 N–H and O–H groups in total. The van der Waals surface area contributed by atoms with Crippen molar-refractivity contribution < 1.29 is 19.1 Å². The van der Waals surface area contributed by atoms with Gasteiger partial charge in [0.2, 0.25) is 5.91 Å². The zero-order valence-electron chi connectivity index (χ0n) is 16.0. The van der Waals surface area contributed by atoms with E-state index in [1.165, 1.54) is 0 Å². The molecule has 4 rings (SSSR count). The van der Waals surface area contributed by atoms with Crippen molar-refractivity contribution >= 4 is 11.7 Å². The third kappa shape index (κ3) is 3.28. The lowest BCUT2D eigenvalue weighted by molar-refractivity contribution is -0.122. The summed E-state index contributed by atoms with van der Waals surface area (Å²) in [6, 6.07) is 15.4. The van der Waals surface area contributed by atoms with Crippen LogP contribution < -0.4 is 14.8 Å². The second kappa shape index (κ2) is 7.50. The van der Waals surface area contributed by atoms with Gasteiger partial charge < -0.3 is 14.8 Å². The molecule has 144 valence electrons. The number of ether oxygens (including phenoxy) is 2. The van der Waals surface area contributed by atoms with Crippen LogP contribution in [0.5, 0.6) is 11.5 Å². The second-order valence-corrected chi connectivity index (χ2v) is 7.24. The summed E-state index contributed by atoms with van der Waals surface area (Å²) in [6.07, 6.45) is 1.34. The van der Waals surface area contributed by atoms with Gasteiger partial charge in [0.25, 0.3) is 0 Å². The van der Waals surface area contributed by atoms with Crippen LogP contribution in [0.3, 0.4) is 0 Å². The molecular weight excluding hydrogens is 354 g/mol. The highest BCUT2D eigenvalue weighted by Gasteiger charge is 2.39. The Morgan fingerprint density at radius 3 is 2.36 bits per heavy atom. The number of hydrogen-bond donors (Lipinski definition) is 1. The Kier molecular flexibility index (Phi) is 4.90. The molecule has 5 heteroatoms. The number of para-hydroxylation sites is 1. The van der Waals surface area contributed by atoms with Crippen molar-refractivity contribution in [1.29, 1.82) is 0 Å². The first-order valence-corrected chi connectivity index (χ1v) is 9.43. The molecule has 2 atom stereocenters. The van der Waals surface area contributed by atoms with Crippen molar-refractivity contribution in [3.05, 3.63) is 70.9 Å². The molecule has 0 radical (unpaired) electrons. The number of ketones is 1. The Morgan fingerprint density at radius 2 is 1.64 bits per heavy atom. The van der Waals surface area contributed by atoms with Gasteiger partial charge in [0, 0.05) is 35.6 Å². The number of carbonyl (C=O) groups excluding carboxylic acids is 2. The van der Waals surface area contributed by atoms with Crippen LogP contribution in [0.1, 0.15) is 42.2 Å². The summed E-state index contributed by atoms with van der Waals surface area (Å²) in [5.41, 5.74) is 3.45. The van der Waals surface area contributed by atoms with E-state index in [0.29, 0.717) is 18.6 Å². The van der Waals surface area contributed by atoms with Crippen molar-refractivity contribution in [2.45, 2.75) is 31.1 Å². The third-order valence-corrected chi connectivity index (χ3v) is 5.64. The number of methoxy groups -OCH3 is 2. The SMILES string of the molecule is COc1ccc(C2CC(=O)C3=C(C2)NC(=O)CC3c2ccccc2OC)cc1. The summed E-state index contributed by atoms with van der Waals surface area (Å²) in [6.45, 7) is 0. The van der Waals surface area contributed by atoms with Gasteiger partial charge in [-0.25, -0.2) is 0 Å². The van der Waals surface area contributed by atoms with Crippen LogP contribution >= 0.6 is 0 Å². The topological polar surface area (TPSA) is 64.6 Å². The summed E-state index contributed by atoms with van der Waals surface area (Å²) < 4.78 is 10.7. The average molecular weight is 377 g/mol. The van der Waals surface area contributed by atoms with Crippen LogP contribution in [0.15, 0.2) is 59.8 Å². The molecule has 0 bridgehead atoms. The lowest BCUT2D eigenvalue weighted by atomic mass is 9.73. The Bertz CT molecular complexity index is 945. The normalized spacial score (nSPS) is 21.8. The minimum Gasteiger partial charge on any atom is -0.497 e. The van der Waals surface area contributed by atoms with E-state index >= 15 is 0 Å². The predicted octanol–water partition coefficient (Wildman–Crippen LogP) is 3.71. The average Bonchev–Trinajstić information content (AvgIpc) is 2.72. The highest BCUT2D eigenvalue weighted by molar-refractivity contribution is 6.02. The Labute approximate surface area is 164 Å². The van der Waals surface area contributed by atoms with Crippen LogP contribution in [-0.2, 0) is 9.59 Å². The molecule has 0 fully saturated rings. The molecular formula is C23H23NO4. The number of rotatable bonds is 4. The maximum absolute atomic E-state index is 13.2. The van der Waals surface area contributed by atoms with Crippen molar-refractivity contribution in [3.63, 3.8) is 0 Å². The fraction of sp³-hybridized carbons (Fsp3) is 0.304. The summed E-state index contributed by atoms with van der Waals surface area (Å²) in [5, 5.41) is 2.96. The lowest BCUT2D eigenvalue weighted by Gasteiger charge is -2.35. The molecule has 0 saturated carbocycles. The first-order chi connectivity index (χ1) is 13.6. The van der Waals surface area contributed by atoms with E-state index in [-0.39, 0.29) is 29.9 Å². The van der Waals surface area contributed by atoms with Crippen molar-refractivity contribution in [2.24, 2.45) is 0 Å². The fourth-order valence-corrected chi connectivity index (χ4v) is 4.29. The van der Waals surface area contributed by atoms with E-state index in [1.807, 2.05) is 48.5 Å². The molecule has 2 aliphatic rings. The van der Waals surface area contributed by atoms with E-state index in [9.17, 15) is 9.59 Å². The molecule has 0 spiro atoms. The van der Waals surface area contributed by atoms with E-state index in [4.69, 9.17) is 9.47 Å².